The Balaban J connectivity index is 1.83. The van der Waals surface area contributed by atoms with Crippen LogP contribution in [0.15, 0.2) is 80.1 Å². The summed E-state index contributed by atoms with van der Waals surface area (Å²) in [6.45, 7) is 6.84. The highest BCUT2D eigenvalue weighted by molar-refractivity contribution is 9.10. The predicted molar refractivity (Wildman–Crippen MR) is 163 cm³/mol. The Morgan fingerprint density at radius 1 is 1.07 bits per heavy atom. The van der Waals surface area contributed by atoms with Crippen molar-refractivity contribution in [3.05, 3.63) is 101 Å². The molecule has 1 atom stereocenters. The predicted octanol–water partition coefficient (Wildman–Crippen LogP) is 5.04. The van der Waals surface area contributed by atoms with Crippen molar-refractivity contribution in [1.29, 1.82) is 0 Å². The number of hydrogen-bond acceptors (Lipinski definition) is 6. The van der Waals surface area contributed by atoms with Crippen molar-refractivity contribution in [2.24, 2.45) is 4.99 Å². The van der Waals surface area contributed by atoms with Gasteiger partial charge in [-0.05, 0) is 77.3 Å². The number of aromatic nitrogens is 1. The number of fused-ring (bicyclic) bond motifs is 2. The monoisotopic (exact) mass is 619 g/mol. The Bertz CT molecular complexity index is 1840. The maximum Gasteiger partial charge on any atom is 0.271 e. The largest absolute Gasteiger partial charge is 0.496 e. The van der Waals surface area contributed by atoms with Gasteiger partial charge in [0.1, 0.15) is 17.5 Å². The molecule has 0 radical (unpaired) electrons. The molecular formula is C31H30BrN3O4S. The van der Waals surface area contributed by atoms with E-state index in [0.29, 0.717) is 45.2 Å². The summed E-state index contributed by atoms with van der Waals surface area (Å²) >= 11 is 4.84. The molecule has 2 heterocycles. The average Bonchev–Trinajstić information content (AvgIpc) is 3.26. The zero-order chi connectivity index (χ0) is 28.6. The molecular weight excluding hydrogens is 590 g/mol. The smallest absolute Gasteiger partial charge is 0.271 e. The zero-order valence-electron chi connectivity index (χ0n) is 23.0. The normalized spacial score (nSPS) is 15.2. The molecule has 0 N–H and O–H groups in total. The van der Waals surface area contributed by atoms with Gasteiger partial charge in [-0.3, -0.25) is 14.2 Å². The summed E-state index contributed by atoms with van der Waals surface area (Å²) in [7, 11) is 3.22. The summed E-state index contributed by atoms with van der Waals surface area (Å²) in [6.07, 6.45) is 1.84. The van der Waals surface area contributed by atoms with E-state index in [2.05, 4.69) is 15.9 Å². The molecule has 0 saturated carbocycles. The highest BCUT2D eigenvalue weighted by atomic mass is 79.9. The van der Waals surface area contributed by atoms with Gasteiger partial charge in [0.05, 0.1) is 34.5 Å². The molecule has 0 aliphatic carbocycles. The van der Waals surface area contributed by atoms with Gasteiger partial charge in [0.2, 0.25) is 0 Å². The number of hydrogen-bond donors (Lipinski definition) is 0. The molecule has 0 saturated heterocycles. The Morgan fingerprint density at radius 2 is 1.77 bits per heavy atom. The second-order valence-electron chi connectivity index (χ2n) is 9.36. The minimum atomic E-state index is -0.713. The average molecular weight is 621 g/mol. The fourth-order valence-corrected chi connectivity index (χ4v) is 6.81. The van der Waals surface area contributed by atoms with Gasteiger partial charge in [-0.15, -0.1) is 0 Å². The molecule has 0 spiro atoms. The van der Waals surface area contributed by atoms with Crippen LogP contribution in [0.5, 0.6) is 11.5 Å². The summed E-state index contributed by atoms with van der Waals surface area (Å²) in [5.74, 6) is 1.17. The molecule has 1 aromatic heterocycles. The summed E-state index contributed by atoms with van der Waals surface area (Å²) in [5.41, 5.74) is 2.46. The number of rotatable bonds is 7. The van der Waals surface area contributed by atoms with Gasteiger partial charge >= 0.3 is 0 Å². The third kappa shape index (κ3) is 4.77. The van der Waals surface area contributed by atoms with E-state index in [0.717, 1.165) is 26.4 Å². The molecule has 206 valence electrons. The highest BCUT2D eigenvalue weighted by Crippen LogP contribution is 2.40. The van der Waals surface area contributed by atoms with Crippen LogP contribution in [0.3, 0.4) is 0 Å². The van der Waals surface area contributed by atoms with E-state index in [1.54, 1.807) is 23.7 Å². The number of halogens is 1. The molecule has 0 unspecified atom stereocenters. The van der Waals surface area contributed by atoms with E-state index in [9.17, 15) is 9.59 Å². The number of nitrogens with zero attached hydrogens (tertiary/aromatic N) is 3. The van der Waals surface area contributed by atoms with E-state index in [-0.39, 0.29) is 11.5 Å². The second kappa shape index (κ2) is 11.4. The first-order valence-electron chi connectivity index (χ1n) is 13.0. The van der Waals surface area contributed by atoms with Gasteiger partial charge in [0.25, 0.3) is 11.5 Å². The molecule has 0 bridgehead atoms. The Morgan fingerprint density at radius 3 is 2.45 bits per heavy atom. The van der Waals surface area contributed by atoms with Crippen molar-refractivity contribution in [2.75, 3.05) is 27.3 Å². The number of carbonyl (C=O) groups excluding carboxylic acids is 1. The van der Waals surface area contributed by atoms with Crippen molar-refractivity contribution < 1.29 is 14.3 Å². The Kier molecular flexibility index (Phi) is 7.96. The lowest BCUT2D eigenvalue weighted by Crippen LogP contribution is -2.43. The van der Waals surface area contributed by atoms with Crippen LogP contribution in [-0.4, -0.2) is 42.7 Å². The van der Waals surface area contributed by atoms with Crippen LogP contribution in [0, 0.1) is 0 Å². The van der Waals surface area contributed by atoms with Gasteiger partial charge in [0.15, 0.2) is 4.80 Å². The van der Waals surface area contributed by atoms with Crippen molar-refractivity contribution in [3.63, 3.8) is 0 Å². The van der Waals surface area contributed by atoms with Crippen molar-refractivity contribution in [1.82, 2.24) is 9.47 Å². The van der Waals surface area contributed by atoms with Crippen LogP contribution in [0.1, 0.15) is 37.9 Å². The summed E-state index contributed by atoms with van der Waals surface area (Å²) < 4.78 is 14.2. The fourth-order valence-electron chi connectivity index (χ4n) is 5.21. The van der Waals surface area contributed by atoms with Crippen LogP contribution >= 0.6 is 27.3 Å². The molecule has 0 fully saturated rings. The molecule has 1 aliphatic rings. The molecule has 7 nitrogen and oxygen atoms in total. The Labute approximate surface area is 244 Å². The number of benzene rings is 3. The molecule has 9 heteroatoms. The topological polar surface area (TPSA) is 73.1 Å². The molecule has 40 heavy (non-hydrogen) atoms. The van der Waals surface area contributed by atoms with Crippen LogP contribution in [0.25, 0.3) is 16.8 Å². The van der Waals surface area contributed by atoms with Gasteiger partial charge in [-0.25, -0.2) is 4.99 Å². The molecule has 3 aromatic carbocycles. The van der Waals surface area contributed by atoms with E-state index >= 15 is 0 Å². The minimum Gasteiger partial charge on any atom is -0.496 e. The molecule has 1 aliphatic heterocycles. The lowest BCUT2D eigenvalue weighted by Gasteiger charge is -2.30. The van der Waals surface area contributed by atoms with Crippen LogP contribution in [-0.2, 0) is 4.79 Å². The number of amides is 1. The quantitative estimate of drug-likeness (QED) is 0.291. The van der Waals surface area contributed by atoms with Crippen LogP contribution in [0.2, 0.25) is 0 Å². The standard InChI is InChI=1S/C31H30BrN3O4S/c1-6-34(7-2)30(37)26-18(3)33-31-35(28(26)27-21-11-9-8-10-20(21)13-15-24(27)39-5)29(36)25(40-31)17-19-12-14-23(38-4)22(32)16-19/h8-17,28H,6-7H2,1-5H3/b25-17+/t28-/m1/s1. The zero-order valence-corrected chi connectivity index (χ0v) is 25.4. The Hall–Kier alpha value is -3.69. The number of ether oxygens (including phenoxy) is 2. The van der Waals surface area contributed by atoms with Crippen molar-refractivity contribution in [2.45, 2.75) is 26.8 Å². The van der Waals surface area contributed by atoms with Crippen LogP contribution < -0.4 is 24.4 Å². The van der Waals surface area contributed by atoms with E-state index in [4.69, 9.17) is 14.5 Å². The van der Waals surface area contributed by atoms with Gasteiger partial charge in [0, 0.05) is 18.7 Å². The van der Waals surface area contributed by atoms with Crippen molar-refractivity contribution in [3.8, 4) is 11.5 Å². The fraction of sp³-hybridized carbons (Fsp3) is 0.258. The maximum atomic E-state index is 14.2. The van der Waals surface area contributed by atoms with Crippen LogP contribution in [0.4, 0.5) is 0 Å². The second-order valence-corrected chi connectivity index (χ2v) is 11.2. The number of carbonyl (C=O) groups is 1. The number of likely N-dealkylation sites (N-methyl/N-ethyl adjacent to an activating group) is 1. The first kappa shape index (κ1) is 27.9. The lowest BCUT2D eigenvalue weighted by molar-refractivity contribution is -0.127. The number of methoxy groups -OCH3 is 2. The molecule has 4 aromatic rings. The third-order valence-corrected chi connectivity index (χ3v) is 8.80. The van der Waals surface area contributed by atoms with E-state index in [1.807, 2.05) is 81.4 Å². The van der Waals surface area contributed by atoms with Gasteiger partial charge < -0.3 is 14.4 Å². The summed E-state index contributed by atoms with van der Waals surface area (Å²) in [6, 6.07) is 16.8. The van der Waals surface area contributed by atoms with E-state index in [1.165, 1.54) is 11.3 Å². The maximum absolute atomic E-state index is 14.2. The summed E-state index contributed by atoms with van der Waals surface area (Å²) in [5, 5.41) is 1.91. The van der Waals surface area contributed by atoms with Crippen molar-refractivity contribution >= 4 is 50.0 Å². The number of thiazole rings is 1. The SMILES string of the molecule is CCN(CC)C(=O)C1=C(C)N=c2s/c(=C/c3ccc(OC)c(Br)c3)c(=O)n2[C@H]1c1c(OC)ccc2ccccc12. The third-order valence-electron chi connectivity index (χ3n) is 7.20. The highest BCUT2D eigenvalue weighted by Gasteiger charge is 2.36. The summed E-state index contributed by atoms with van der Waals surface area (Å²) in [4.78, 5) is 35.3. The molecule has 1 amide bonds. The first-order chi connectivity index (χ1) is 19.3. The first-order valence-corrected chi connectivity index (χ1v) is 14.6. The molecule has 5 rings (SSSR count). The minimum absolute atomic E-state index is 0.139. The van der Waals surface area contributed by atoms with E-state index < -0.39 is 6.04 Å². The number of allylic oxidation sites excluding steroid dienone is 1. The van der Waals surface area contributed by atoms with Gasteiger partial charge in [-0.2, -0.15) is 0 Å². The van der Waals surface area contributed by atoms with Gasteiger partial charge in [-0.1, -0.05) is 47.7 Å². The lowest BCUT2D eigenvalue weighted by atomic mass is 9.90.